The molecule has 0 aliphatic heterocycles. The number of fused-ring (bicyclic) bond motifs is 2. The van der Waals surface area contributed by atoms with E-state index in [0.29, 0.717) is 27.3 Å². The van der Waals surface area contributed by atoms with Crippen molar-refractivity contribution in [3.63, 3.8) is 0 Å². The molecule has 0 saturated carbocycles. The van der Waals surface area contributed by atoms with E-state index in [4.69, 9.17) is 5.41 Å². The van der Waals surface area contributed by atoms with Crippen molar-refractivity contribution in [1.29, 1.82) is 5.41 Å². The lowest BCUT2D eigenvalue weighted by Crippen LogP contribution is -2.19. The number of hydrogen-bond acceptors (Lipinski definition) is 8. The normalized spacial score (nSPS) is 12.1. The van der Waals surface area contributed by atoms with Crippen LogP contribution in [0.2, 0.25) is 0 Å². The SMILES string of the molecule is N=C1c2ccccc2C(=O)c2c(-c3ccc(SOON=C=O)cc3)[nH]c(O)c21. The molecule has 0 saturated heterocycles. The van der Waals surface area contributed by atoms with E-state index in [2.05, 4.69) is 19.5 Å². The molecule has 4 rings (SSSR count). The zero-order chi connectivity index (χ0) is 19.7. The largest absolute Gasteiger partial charge is 0.494 e. The summed E-state index contributed by atoms with van der Waals surface area (Å²) in [7, 11) is 0. The van der Waals surface area contributed by atoms with Crippen LogP contribution in [0.15, 0.2) is 58.6 Å². The summed E-state index contributed by atoms with van der Waals surface area (Å²) in [5.41, 5.74) is 2.54. The Morgan fingerprint density at radius 1 is 1.07 bits per heavy atom. The molecule has 3 N–H and O–H groups in total. The zero-order valence-electron chi connectivity index (χ0n) is 14.1. The molecule has 138 valence electrons. The van der Waals surface area contributed by atoms with Gasteiger partial charge in [0.15, 0.2) is 11.7 Å². The first-order valence-corrected chi connectivity index (χ1v) is 8.72. The first kappa shape index (κ1) is 17.7. The van der Waals surface area contributed by atoms with Crippen LogP contribution in [-0.2, 0) is 14.1 Å². The predicted octanol–water partition coefficient (Wildman–Crippen LogP) is 3.55. The number of aromatic hydroxyl groups is 1. The van der Waals surface area contributed by atoms with Crippen LogP contribution >= 0.6 is 12.0 Å². The predicted molar refractivity (Wildman–Crippen MR) is 99.8 cm³/mol. The third kappa shape index (κ3) is 2.89. The molecule has 0 unspecified atom stereocenters. The molecule has 0 radical (unpaired) electrons. The molecule has 1 aliphatic carbocycles. The van der Waals surface area contributed by atoms with E-state index in [0.717, 1.165) is 12.0 Å². The van der Waals surface area contributed by atoms with Crippen LogP contribution in [0.3, 0.4) is 0 Å². The van der Waals surface area contributed by atoms with Crippen molar-refractivity contribution in [2.75, 3.05) is 0 Å². The van der Waals surface area contributed by atoms with Gasteiger partial charge in [-0.3, -0.25) is 10.2 Å². The molecule has 1 aliphatic rings. The molecule has 1 heterocycles. The average molecular weight is 393 g/mol. The maximum atomic E-state index is 13.0. The molecular weight excluding hydrogens is 382 g/mol. The molecular formula is C19H11N3O5S. The molecule has 9 heteroatoms. The fraction of sp³-hybridized carbons (Fsp3) is 0. The van der Waals surface area contributed by atoms with Gasteiger partial charge in [-0.05, 0) is 17.7 Å². The highest BCUT2D eigenvalue weighted by Gasteiger charge is 2.34. The van der Waals surface area contributed by atoms with Crippen LogP contribution in [0.1, 0.15) is 27.0 Å². The van der Waals surface area contributed by atoms with E-state index in [1.54, 1.807) is 48.5 Å². The van der Waals surface area contributed by atoms with Crippen LogP contribution < -0.4 is 0 Å². The summed E-state index contributed by atoms with van der Waals surface area (Å²) in [4.78, 5) is 30.6. The number of nitrogens with one attached hydrogen (secondary N) is 2. The van der Waals surface area contributed by atoms with E-state index in [1.807, 2.05) is 0 Å². The molecule has 1 aromatic heterocycles. The van der Waals surface area contributed by atoms with Gasteiger partial charge >= 0.3 is 0 Å². The molecule has 0 fully saturated rings. The Kier molecular flexibility index (Phi) is 4.54. The van der Waals surface area contributed by atoms with Crippen LogP contribution in [-0.4, -0.2) is 27.7 Å². The zero-order valence-corrected chi connectivity index (χ0v) is 14.9. The quantitative estimate of drug-likeness (QED) is 0.119. The van der Waals surface area contributed by atoms with Gasteiger partial charge < -0.3 is 10.1 Å². The summed E-state index contributed by atoms with van der Waals surface area (Å²) < 4.78 is 4.63. The van der Waals surface area contributed by atoms with E-state index in [1.165, 1.54) is 6.08 Å². The number of H-pyrrole nitrogens is 1. The highest BCUT2D eigenvalue weighted by Crippen LogP contribution is 2.39. The average Bonchev–Trinajstić information content (AvgIpc) is 3.07. The second-order valence-corrected chi connectivity index (χ2v) is 6.56. The maximum Gasteiger partial charge on any atom is 0.280 e. The lowest BCUT2D eigenvalue weighted by Gasteiger charge is -2.17. The molecule has 28 heavy (non-hydrogen) atoms. The minimum atomic E-state index is -0.255. The molecule has 0 spiro atoms. The van der Waals surface area contributed by atoms with E-state index in [-0.39, 0.29) is 28.5 Å². The van der Waals surface area contributed by atoms with Crippen molar-refractivity contribution >= 4 is 29.6 Å². The van der Waals surface area contributed by atoms with Crippen LogP contribution in [0.25, 0.3) is 11.3 Å². The highest BCUT2D eigenvalue weighted by atomic mass is 32.2. The van der Waals surface area contributed by atoms with Crippen molar-refractivity contribution < 1.29 is 24.0 Å². The number of aromatic nitrogens is 1. The fourth-order valence-electron chi connectivity index (χ4n) is 3.10. The summed E-state index contributed by atoms with van der Waals surface area (Å²) in [5.74, 6) is -0.477. The van der Waals surface area contributed by atoms with Crippen LogP contribution in [0.4, 0.5) is 0 Å². The van der Waals surface area contributed by atoms with E-state index < -0.39 is 0 Å². The van der Waals surface area contributed by atoms with Crippen molar-refractivity contribution in [1.82, 2.24) is 4.98 Å². The van der Waals surface area contributed by atoms with Gasteiger partial charge in [-0.25, -0.2) is 4.79 Å². The Hall–Kier alpha value is -3.65. The van der Waals surface area contributed by atoms with Crippen molar-refractivity contribution in [3.8, 4) is 17.1 Å². The Bertz CT molecular complexity index is 1150. The van der Waals surface area contributed by atoms with E-state index in [9.17, 15) is 14.7 Å². The molecule has 2 aromatic carbocycles. The minimum absolute atomic E-state index is 0.0960. The molecule has 0 bridgehead atoms. The third-order valence-electron chi connectivity index (χ3n) is 4.28. The summed E-state index contributed by atoms with van der Waals surface area (Å²) in [6, 6.07) is 13.7. The number of ketones is 1. The van der Waals surface area contributed by atoms with Gasteiger partial charge in [0.1, 0.15) is 0 Å². The van der Waals surface area contributed by atoms with Crippen molar-refractivity contribution in [2.45, 2.75) is 4.90 Å². The second-order valence-electron chi connectivity index (χ2n) is 5.78. The topological polar surface area (TPSA) is 125 Å². The summed E-state index contributed by atoms with van der Waals surface area (Å²) >= 11 is 0.834. The number of hydrogen-bond donors (Lipinski definition) is 3. The summed E-state index contributed by atoms with van der Waals surface area (Å²) in [6.45, 7) is 0. The summed E-state index contributed by atoms with van der Waals surface area (Å²) in [5, 5.41) is 21.5. The van der Waals surface area contributed by atoms with Gasteiger partial charge in [-0.2, -0.15) is 4.99 Å². The maximum absolute atomic E-state index is 13.0. The lowest BCUT2D eigenvalue weighted by atomic mass is 9.84. The highest BCUT2D eigenvalue weighted by molar-refractivity contribution is 7.94. The molecule has 8 nitrogen and oxygen atoms in total. The van der Waals surface area contributed by atoms with Crippen molar-refractivity contribution in [2.24, 2.45) is 5.16 Å². The number of aromatic amines is 1. The Morgan fingerprint density at radius 3 is 2.50 bits per heavy atom. The lowest BCUT2D eigenvalue weighted by molar-refractivity contribution is -0.190. The van der Waals surface area contributed by atoms with Crippen LogP contribution in [0.5, 0.6) is 5.88 Å². The number of carbonyl (C=O) groups is 1. The van der Waals surface area contributed by atoms with Gasteiger partial charge in [-0.1, -0.05) is 40.7 Å². The number of isocyanates is 1. The van der Waals surface area contributed by atoms with Gasteiger partial charge in [0.2, 0.25) is 0 Å². The van der Waals surface area contributed by atoms with Crippen LogP contribution in [0, 0.1) is 5.41 Å². The third-order valence-corrected chi connectivity index (χ3v) is 4.87. The van der Waals surface area contributed by atoms with Gasteiger partial charge in [0, 0.05) is 21.2 Å². The Labute approximate surface area is 162 Å². The number of nitrogens with zero attached hydrogens (tertiary/aromatic N) is 1. The first-order valence-electron chi connectivity index (χ1n) is 7.97. The Balaban J connectivity index is 1.70. The molecule has 0 amide bonds. The minimum Gasteiger partial charge on any atom is -0.494 e. The number of carbonyl (C=O) groups excluding carboxylic acids is 2. The first-order chi connectivity index (χ1) is 13.6. The standard InChI is InChI=1S/C19H11N3O5S/c20-16-12-3-1-2-4-13(12)18(24)15-14(16)19(25)22-17(15)10-5-7-11(8-6-10)28-27-26-21-9-23/h1-8,20,22,25H. The van der Waals surface area contributed by atoms with Gasteiger partial charge in [-0.15, -0.1) is 0 Å². The Morgan fingerprint density at radius 2 is 1.79 bits per heavy atom. The second kappa shape index (κ2) is 7.16. The number of benzene rings is 2. The fourth-order valence-corrected chi connectivity index (χ4v) is 3.49. The van der Waals surface area contributed by atoms with Gasteiger partial charge in [0.25, 0.3) is 6.08 Å². The molecule has 0 atom stereocenters. The molecule has 3 aromatic rings. The van der Waals surface area contributed by atoms with Gasteiger partial charge in [0.05, 0.1) is 34.6 Å². The monoisotopic (exact) mass is 393 g/mol. The smallest absolute Gasteiger partial charge is 0.280 e. The van der Waals surface area contributed by atoms with Crippen molar-refractivity contribution in [3.05, 3.63) is 70.8 Å². The summed E-state index contributed by atoms with van der Waals surface area (Å²) in [6.07, 6.45) is 1.17. The number of rotatable bonds is 5. The van der Waals surface area contributed by atoms with E-state index >= 15 is 0 Å².